The van der Waals surface area contributed by atoms with E-state index in [1.54, 1.807) is 12.1 Å². The standard InChI is InChI=1S/C17H26FI/c1-3-14(2)7-6-8-15(13-19)11-12-16-9-4-5-10-17(16)18/h4-5,9-10,14-15H,3,6-8,11-13H2,1-2H3. The average Bonchev–Trinajstić information content (AvgIpc) is 2.43. The van der Waals surface area contributed by atoms with Gasteiger partial charge < -0.3 is 0 Å². The number of aryl methyl sites for hydroxylation is 1. The lowest BCUT2D eigenvalue weighted by Crippen LogP contribution is -2.06. The van der Waals surface area contributed by atoms with Crippen molar-refractivity contribution in [2.75, 3.05) is 4.43 Å². The fourth-order valence-corrected chi connectivity index (χ4v) is 3.20. The van der Waals surface area contributed by atoms with Crippen molar-refractivity contribution in [3.05, 3.63) is 35.6 Å². The van der Waals surface area contributed by atoms with Gasteiger partial charge in [0.25, 0.3) is 0 Å². The van der Waals surface area contributed by atoms with Crippen LogP contribution < -0.4 is 0 Å². The van der Waals surface area contributed by atoms with Crippen LogP contribution in [0, 0.1) is 17.7 Å². The molecule has 1 aromatic carbocycles. The van der Waals surface area contributed by atoms with Crippen molar-refractivity contribution in [3.63, 3.8) is 0 Å². The number of hydrogen-bond donors (Lipinski definition) is 0. The largest absolute Gasteiger partial charge is 0.207 e. The second kappa shape index (κ2) is 9.73. The summed E-state index contributed by atoms with van der Waals surface area (Å²) in [4.78, 5) is 0. The Morgan fingerprint density at radius 2 is 1.89 bits per heavy atom. The van der Waals surface area contributed by atoms with Crippen LogP contribution in [-0.2, 0) is 6.42 Å². The maximum atomic E-state index is 13.5. The van der Waals surface area contributed by atoms with Gasteiger partial charge in [0.15, 0.2) is 0 Å². The molecule has 0 saturated carbocycles. The Morgan fingerprint density at radius 3 is 2.53 bits per heavy atom. The summed E-state index contributed by atoms with van der Waals surface area (Å²) in [6.07, 6.45) is 7.23. The summed E-state index contributed by atoms with van der Waals surface area (Å²) >= 11 is 2.47. The summed E-state index contributed by atoms with van der Waals surface area (Å²) in [5, 5.41) is 0. The molecule has 19 heavy (non-hydrogen) atoms. The molecule has 0 heterocycles. The van der Waals surface area contributed by atoms with Crippen LogP contribution in [0.2, 0.25) is 0 Å². The van der Waals surface area contributed by atoms with Gasteiger partial charge in [-0.3, -0.25) is 0 Å². The van der Waals surface area contributed by atoms with Crippen molar-refractivity contribution >= 4 is 22.6 Å². The van der Waals surface area contributed by atoms with E-state index in [0.29, 0.717) is 0 Å². The highest BCUT2D eigenvalue weighted by Gasteiger charge is 2.10. The summed E-state index contributed by atoms with van der Waals surface area (Å²) in [7, 11) is 0. The molecule has 0 amide bonds. The highest BCUT2D eigenvalue weighted by atomic mass is 127. The lowest BCUT2D eigenvalue weighted by atomic mass is 9.93. The lowest BCUT2D eigenvalue weighted by Gasteiger charge is -2.15. The van der Waals surface area contributed by atoms with Gasteiger partial charge in [0, 0.05) is 4.43 Å². The molecule has 0 spiro atoms. The predicted molar refractivity (Wildman–Crippen MR) is 90.4 cm³/mol. The maximum absolute atomic E-state index is 13.5. The van der Waals surface area contributed by atoms with Crippen LogP contribution in [0.3, 0.4) is 0 Å². The molecule has 0 bridgehead atoms. The maximum Gasteiger partial charge on any atom is 0.126 e. The zero-order valence-corrected chi connectivity index (χ0v) is 14.3. The van der Waals surface area contributed by atoms with Gasteiger partial charge in [-0.25, -0.2) is 4.39 Å². The minimum Gasteiger partial charge on any atom is -0.207 e. The number of benzene rings is 1. The summed E-state index contributed by atoms with van der Waals surface area (Å²) in [5.74, 6) is 1.54. The quantitative estimate of drug-likeness (QED) is 0.365. The molecule has 0 saturated heterocycles. The first-order chi connectivity index (χ1) is 9.17. The van der Waals surface area contributed by atoms with E-state index in [9.17, 15) is 4.39 Å². The molecule has 2 unspecified atom stereocenters. The third-order valence-corrected chi connectivity index (χ3v) is 5.25. The third-order valence-electron chi connectivity index (χ3n) is 4.00. The molecule has 0 aliphatic rings. The Morgan fingerprint density at radius 1 is 1.16 bits per heavy atom. The Kier molecular flexibility index (Phi) is 8.67. The van der Waals surface area contributed by atoms with Gasteiger partial charge in [-0.05, 0) is 42.7 Å². The summed E-state index contributed by atoms with van der Waals surface area (Å²) in [6, 6.07) is 7.18. The van der Waals surface area contributed by atoms with Gasteiger partial charge in [0.1, 0.15) is 5.82 Å². The molecule has 0 aromatic heterocycles. The molecule has 2 heteroatoms. The second-order valence-corrected chi connectivity index (χ2v) is 6.48. The van der Waals surface area contributed by atoms with Gasteiger partial charge >= 0.3 is 0 Å². The molecular formula is C17H26FI. The van der Waals surface area contributed by atoms with E-state index < -0.39 is 0 Å². The van der Waals surface area contributed by atoms with E-state index in [1.165, 1.54) is 30.1 Å². The highest BCUT2D eigenvalue weighted by Crippen LogP contribution is 2.21. The van der Waals surface area contributed by atoms with E-state index in [-0.39, 0.29) is 5.82 Å². The number of alkyl halides is 1. The van der Waals surface area contributed by atoms with Crippen molar-refractivity contribution in [2.45, 2.75) is 52.4 Å². The van der Waals surface area contributed by atoms with E-state index in [0.717, 1.165) is 30.2 Å². The van der Waals surface area contributed by atoms with E-state index in [4.69, 9.17) is 0 Å². The lowest BCUT2D eigenvalue weighted by molar-refractivity contribution is 0.424. The SMILES string of the molecule is CCC(C)CCCC(CI)CCc1ccccc1F. The van der Waals surface area contributed by atoms with Crippen LogP contribution in [0.25, 0.3) is 0 Å². The first-order valence-corrected chi connectivity index (χ1v) is 8.99. The van der Waals surface area contributed by atoms with Crippen molar-refractivity contribution in [1.29, 1.82) is 0 Å². The summed E-state index contributed by atoms with van der Waals surface area (Å²) < 4.78 is 14.7. The van der Waals surface area contributed by atoms with Crippen molar-refractivity contribution in [3.8, 4) is 0 Å². The van der Waals surface area contributed by atoms with Gasteiger partial charge in [0.2, 0.25) is 0 Å². The van der Waals surface area contributed by atoms with Crippen molar-refractivity contribution in [1.82, 2.24) is 0 Å². The topological polar surface area (TPSA) is 0 Å². The summed E-state index contributed by atoms with van der Waals surface area (Å²) in [5.41, 5.74) is 0.874. The monoisotopic (exact) mass is 376 g/mol. The van der Waals surface area contributed by atoms with E-state index in [1.807, 2.05) is 12.1 Å². The highest BCUT2D eigenvalue weighted by molar-refractivity contribution is 14.1. The second-order valence-electron chi connectivity index (χ2n) is 5.59. The van der Waals surface area contributed by atoms with Gasteiger partial charge in [0.05, 0.1) is 0 Å². The fraction of sp³-hybridized carbons (Fsp3) is 0.647. The van der Waals surface area contributed by atoms with Gasteiger partial charge in [-0.15, -0.1) is 0 Å². The average molecular weight is 376 g/mol. The zero-order chi connectivity index (χ0) is 14.1. The van der Waals surface area contributed by atoms with Crippen LogP contribution in [0.5, 0.6) is 0 Å². The molecular weight excluding hydrogens is 350 g/mol. The Balaban J connectivity index is 2.31. The minimum absolute atomic E-state index is 0.0469. The smallest absolute Gasteiger partial charge is 0.126 e. The van der Waals surface area contributed by atoms with Crippen molar-refractivity contribution in [2.24, 2.45) is 11.8 Å². The van der Waals surface area contributed by atoms with Crippen molar-refractivity contribution < 1.29 is 4.39 Å². The van der Waals surface area contributed by atoms with Gasteiger partial charge in [-0.1, -0.05) is 73.9 Å². The predicted octanol–water partition coefficient (Wildman–Crippen LogP) is 6.03. The third kappa shape index (κ3) is 6.73. The Bertz CT molecular complexity index is 351. The zero-order valence-electron chi connectivity index (χ0n) is 12.2. The van der Waals surface area contributed by atoms with Crippen LogP contribution in [0.1, 0.15) is 51.5 Å². The molecule has 1 aromatic rings. The minimum atomic E-state index is -0.0469. The number of hydrogen-bond acceptors (Lipinski definition) is 0. The molecule has 108 valence electrons. The molecule has 0 radical (unpaired) electrons. The fourth-order valence-electron chi connectivity index (χ4n) is 2.32. The van der Waals surface area contributed by atoms with E-state index in [2.05, 4.69) is 36.4 Å². The molecule has 0 aliphatic carbocycles. The summed E-state index contributed by atoms with van der Waals surface area (Å²) in [6.45, 7) is 4.59. The molecule has 2 atom stereocenters. The van der Waals surface area contributed by atoms with Gasteiger partial charge in [-0.2, -0.15) is 0 Å². The Hall–Kier alpha value is -0.120. The molecule has 1 rings (SSSR count). The molecule has 0 N–H and O–H groups in total. The van der Waals surface area contributed by atoms with Crippen LogP contribution in [-0.4, -0.2) is 4.43 Å². The van der Waals surface area contributed by atoms with Crippen LogP contribution in [0.4, 0.5) is 4.39 Å². The van der Waals surface area contributed by atoms with E-state index >= 15 is 0 Å². The first kappa shape index (κ1) is 16.9. The van der Waals surface area contributed by atoms with Crippen LogP contribution >= 0.6 is 22.6 Å². The molecule has 0 nitrogen and oxygen atoms in total. The Labute approximate surface area is 131 Å². The normalized spacial score (nSPS) is 14.3. The van der Waals surface area contributed by atoms with Crippen LogP contribution in [0.15, 0.2) is 24.3 Å². The number of rotatable bonds is 9. The molecule has 0 aliphatic heterocycles. The molecule has 0 fully saturated rings. The first-order valence-electron chi connectivity index (χ1n) is 7.46. The number of halogens is 2.